The minimum absolute atomic E-state index is 0.221. The van der Waals surface area contributed by atoms with Gasteiger partial charge in [0.25, 0.3) is 0 Å². The summed E-state index contributed by atoms with van der Waals surface area (Å²) in [5.74, 6) is -0.250. The van der Waals surface area contributed by atoms with Crippen molar-refractivity contribution in [2.24, 2.45) is 0 Å². The van der Waals surface area contributed by atoms with E-state index < -0.39 is 6.10 Å². The molecule has 0 aromatic heterocycles. The molecule has 2 aromatic carbocycles. The van der Waals surface area contributed by atoms with Gasteiger partial charge in [0.05, 0.1) is 19.3 Å². The first-order valence-corrected chi connectivity index (χ1v) is 7.84. The van der Waals surface area contributed by atoms with Crippen molar-refractivity contribution in [1.82, 2.24) is 4.90 Å². The number of hydrogen-bond donors (Lipinski definition) is 1. The molecule has 0 heterocycles. The molecule has 3 nitrogen and oxygen atoms in total. The van der Waals surface area contributed by atoms with E-state index in [9.17, 15) is 9.50 Å². The number of aliphatic hydroxyl groups is 1. The Morgan fingerprint density at radius 1 is 1.22 bits per heavy atom. The number of nitrogens with zero attached hydrogens (tertiary/aromatic N) is 1. The lowest BCUT2D eigenvalue weighted by Gasteiger charge is -2.20. The fourth-order valence-corrected chi connectivity index (χ4v) is 2.53. The number of aliphatic hydroxyl groups excluding tert-OH is 1. The van der Waals surface area contributed by atoms with Crippen LogP contribution in [0.15, 0.2) is 48.5 Å². The van der Waals surface area contributed by atoms with Crippen molar-refractivity contribution in [2.75, 3.05) is 20.2 Å². The molecule has 0 aliphatic heterocycles. The summed E-state index contributed by atoms with van der Waals surface area (Å²) < 4.78 is 18.7. The van der Waals surface area contributed by atoms with Crippen LogP contribution in [-0.2, 0) is 17.9 Å². The Bertz CT molecular complexity index is 623. The molecule has 2 aromatic rings. The topological polar surface area (TPSA) is 32.7 Å². The molecule has 0 unspecified atom stereocenters. The summed E-state index contributed by atoms with van der Waals surface area (Å²) >= 11 is 6.05. The van der Waals surface area contributed by atoms with Crippen molar-refractivity contribution >= 4 is 11.6 Å². The molecule has 0 aliphatic carbocycles. The van der Waals surface area contributed by atoms with Crippen molar-refractivity contribution < 1.29 is 14.2 Å². The molecule has 23 heavy (non-hydrogen) atoms. The quantitative estimate of drug-likeness (QED) is 0.800. The van der Waals surface area contributed by atoms with Crippen LogP contribution in [-0.4, -0.2) is 36.3 Å². The maximum atomic E-state index is 13.1. The Labute approximate surface area is 141 Å². The fraction of sp³-hybridized carbons (Fsp3) is 0.333. The molecular weight excluding hydrogens is 317 g/mol. The third-order valence-electron chi connectivity index (χ3n) is 3.39. The second-order valence-electron chi connectivity index (χ2n) is 5.59. The summed E-state index contributed by atoms with van der Waals surface area (Å²) in [5, 5.41) is 10.7. The van der Waals surface area contributed by atoms with Gasteiger partial charge >= 0.3 is 0 Å². The zero-order valence-electron chi connectivity index (χ0n) is 13.1. The van der Waals surface area contributed by atoms with Crippen LogP contribution in [0.2, 0.25) is 5.02 Å². The van der Waals surface area contributed by atoms with Gasteiger partial charge in [-0.15, -0.1) is 0 Å². The highest BCUT2D eigenvalue weighted by Gasteiger charge is 2.10. The monoisotopic (exact) mass is 337 g/mol. The predicted molar refractivity (Wildman–Crippen MR) is 89.8 cm³/mol. The van der Waals surface area contributed by atoms with E-state index in [2.05, 4.69) is 0 Å². The van der Waals surface area contributed by atoms with Gasteiger partial charge in [-0.05, 0) is 36.4 Å². The van der Waals surface area contributed by atoms with Gasteiger partial charge in [0.1, 0.15) is 5.82 Å². The van der Waals surface area contributed by atoms with Gasteiger partial charge in [-0.2, -0.15) is 0 Å². The van der Waals surface area contributed by atoms with Crippen LogP contribution in [0.25, 0.3) is 0 Å². The first-order chi connectivity index (χ1) is 11.0. The number of benzene rings is 2. The number of halogens is 2. The molecule has 0 aliphatic rings. The van der Waals surface area contributed by atoms with Crippen molar-refractivity contribution in [1.29, 1.82) is 0 Å². The average Bonchev–Trinajstić information content (AvgIpc) is 2.49. The first-order valence-electron chi connectivity index (χ1n) is 7.47. The van der Waals surface area contributed by atoms with E-state index >= 15 is 0 Å². The summed E-state index contributed by atoms with van der Waals surface area (Å²) in [7, 11) is 1.88. The van der Waals surface area contributed by atoms with Crippen LogP contribution in [0.1, 0.15) is 11.1 Å². The number of rotatable bonds is 8. The molecule has 124 valence electrons. The van der Waals surface area contributed by atoms with E-state index in [1.165, 1.54) is 12.1 Å². The molecule has 0 radical (unpaired) electrons. The largest absolute Gasteiger partial charge is 0.389 e. The van der Waals surface area contributed by atoms with E-state index in [-0.39, 0.29) is 12.4 Å². The van der Waals surface area contributed by atoms with Gasteiger partial charge in [0.2, 0.25) is 0 Å². The highest BCUT2D eigenvalue weighted by Crippen LogP contribution is 2.15. The van der Waals surface area contributed by atoms with E-state index in [0.29, 0.717) is 24.7 Å². The van der Waals surface area contributed by atoms with Crippen molar-refractivity contribution in [3.05, 3.63) is 70.5 Å². The van der Waals surface area contributed by atoms with Crippen LogP contribution >= 0.6 is 11.6 Å². The predicted octanol–water partition coefficient (Wildman–Crippen LogP) is 3.49. The minimum atomic E-state index is -0.615. The molecule has 2 rings (SSSR count). The van der Waals surface area contributed by atoms with Crippen LogP contribution < -0.4 is 0 Å². The number of ether oxygens (including phenoxy) is 1. The van der Waals surface area contributed by atoms with Gasteiger partial charge in [-0.1, -0.05) is 41.9 Å². The highest BCUT2D eigenvalue weighted by molar-refractivity contribution is 6.31. The third-order valence-corrected chi connectivity index (χ3v) is 3.76. The Kier molecular flexibility index (Phi) is 6.99. The Hall–Kier alpha value is -1.46. The van der Waals surface area contributed by atoms with E-state index in [4.69, 9.17) is 16.3 Å². The van der Waals surface area contributed by atoms with Crippen LogP contribution in [0.5, 0.6) is 0 Å². The second kappa shape index (κ2) is 8.99. The molecule has 0 saturated carbocycles. The van der Waals surface area contributed by atoms with Gasteiger partial charge < -0.3 is 9.84 Å². The minimum Gasteiger partial charge on any atom is -0.389 e. The molecule has 0 amide bonds. The van der Waals surface area contributed by atoms with Crippen LogP contribution in [0.3, 0.4) is 0 Å². The lowest BCUT2D eigenvalue weighted by Crippen LogP contribution is -2.31. The van der Waals surface area contributed by atoms with E-state index in [0.717, 1.165) is 11.1 Å². The zero-order valence-corrected chi connectivity index (χ0v) is 13.8. The fourth-order valence-electron chi connectivity index (χ4n) is 2.34. The van der Waals surface area contributed by atoms with Crippen LogP contribution in [0, 0.1) is 5.82 Å². The summed E-state index contributed by atoms with van der Waals surface area (Å²) in [6, 6.07) is 13.9. The van der Waals surface area contributed by atoms with Crippen LogP contribution in [0.4, 0.5) is 4.39 Å². The maximum absolute atomic E-state index is 13.1. The lowest BCUT2D eigenvalue weighted by molar-refractivity contribution is 0.0127. The summed E-state index contributed by atoms with van der Waals surface area (Å²) in [6.45, 7) is 1.60. The van der Waals surface area contributed by atoms with Gasteiger partial charge in [0.15, 0.2) is 0 Å². The van der Waals surface area contributed by atoms with Crippen molar-refractivity contribution in [3.63, 3.8) is 0 Å². The summed E-state index contributed by atoms with van der Waals surface area (Å²) in [5.41, 5.74) is 1.77. The van der Waals surface area contributed by atoms with Gasteiger partial charge in [0, 0.05) is 18.1 Å². The number of hydrogen-bond acceptors (Lipinski definition) is 3. The van der Waals surface area contributed by atoms with E-state index in [1.54, 1.807) is 6.07 Å². The van der Waals surface area contributed by atoms with Crippen molar-refractivity contribution in [2.45, 2.75) is 19.3 Å². The van der Waals surface area contributed by atoms with E-state index in [1.807, 2.05) is 42.3 Å². The summed E-state index contributed by atoms with van der Waals surface area (Å²) in [6.07, 6.45) is -0.615. The molecule has 5 heteroatoms. The Morgan fingerprint density at radius 2 is 2.00 bits per heavy atom. The zero-order chi connectivity index (χ0) is 16.7. The average molecular weight is 338 g/mol. The molecular formula is C18H21ClFNO2. The SMILES string of the molecule is CN(Cc1cccc(F)c1)C[C@@H](O)COCc1ccccc1Cl. The molecule has 1 N–H and O–H groups in total. The first kappa shape index (κ1) is 17.9. The Morgan fingerprint density at radius 3 is 2.74 bits per heavy atom. The normalized spacial score (nSPS) is 12.6. The molecule has 0 spiro atoms. The lowest BCUT2D eigenvalue weighted by atomic mass is 10.2. The Balaban J connectivity index is 1.72. The molecule has 1 atom stereocenters. The molecule has 0 saturated heterocycles. The maximum Gasteiger partial charge on any atom is 0.123 e. The van der Waals surface area contributed by atoms with Gasteiger partial charge in [-0.25, -0.2) is 4.39 Å². The second-order valence-corrected chi connectivity index (χ2v) is 5.99. The molecule has 0 bridgehead atoms. The third kappa shape index (κ3) is 6.28. The van der Waals surface area contributed by atoms with Crippen molar-refractivity contribution in [3.8, 4) is 0 Å². The number of likely N-dealkylation sites (N-methyl/N-ethyl adjacent to an activating group) is 1. The highest BCUT2D eigenvalue weighted by atomic mass is 35.5. The summed E-state index contributed by atoms with van der Waals surface area (Å²) in [4.78, 5) is 1.93. The standard InChI is InChI=1S/C18H21ClFNO2/c1-21(10-14-5-4-7-16(20)9-14)11-17(22)13-23-12-15-6-2-3-8-18(15)19/h2-9,17,22H,10-13H2,1H3/t17-/m1/s1. The van der Waals surface area contributed by atoms with Gasteiger partial charge in [-0.3, -0.25) is 4.90 Å². The molecule has 0 fully saturated rings. The smallest absolute Gasteiger partial charge is 0.123 e.